The molecule has 0 heterocycles. The standard InChI is InChI=1S/C16H27N3O/c1-5-17-16(19-13(2)3)18-12-6-7-14-8-10-15(20-4)11-9-14/h8-11,13H,5-7,12H2,1-4H3,(H2,17,18,19). The van der Waals surface area contributed by atoms with Crippen molar-refractivity contribution in [3.63, 3.8) is 0 Å². The van der Waals surface area contributed by atoms with Gasteiger partial charge >= 0.3 is 0 Å². The lowest BCUT2D eigenvalue weighted by Gasteiger charge is -2.13. The van der Waals surface area contributed by atoms with Gasteiger partial charge in [0, 0.05) is 19.1 Å². The number of aryl methyl sites for hydroxylation is 1. The summed E-state index contributed by atoms with van der Waals surface area (Å²) >= 11 is 0. The number of hydrogen-bond acceptors (Lipinski definition) is 2. The Balaban J connectivity index is 2.37. The molecule has 0 aliphatic carbocycles. The molecule has 1 rings (SSSR count). The van der Waals surface area contributed by atoms with Crippen LogP contribution < -0.4 is 15.4 Å². The van der Waals surface area contributed by atoms with Gasteiger partial charge < -0.3 is 15.4 Å². The van der Waals surface area contributed by atoms with Crippen LogP contribution in [0.15, 0.2) is 29.3 Å². The van der Waals surface area contributed by atoms with Gasteiger partial charge in [-0.2, -0.15) is 0 Å². The summed E-state index contributed by atoms with van der Waals surface area (Å²) in [6, 6.07) is 8.63. The number of nitrogens with one attached hydrogen (secondary N) is 2. The molecule has 0 aliphatic rings. The Morgan fingerprint density at radius 2 is 1.95 bits per heavy atom. The number of nitrogens with zero attached hydrogens (tertiary/aromatic N) is 1. The first-order valence-corrected chi connectivity index (χ1v) is 7.33. The van der Waals surface area contributed by atoms with Crippen molar-refractivity contribution in [2.75, 3.05) is 20.2 Å². The van der Waals surface area contributed by atoms with Crippen LogP contribution in [0.1, 0.15) is 32.8 Å². The third kappa shape index (κ3) is 6.45. The van der Waals surface area contributed by atoms with Crippen molar-refractivity contribution in [2.45, 2.75) is 39.7 Å². The van der Waals surface area contributed by atoms with E-state index < -0.39 is 0 Å². The van der Waals surface area contributed by atoms with Crippen molar-refractivity contribution >= 4 is 5.96 Å². The summed E-state index contributed by atoms with van der Waals surface area (Å²) in [5.74, 6) is 1.81. The number of benzene rings is 1. The maximum Gasteiger partial charge on any atom is 0.191 e. The van der Waals surface area contributed by atoms with Crippen LogP contribution in [0, 0.1) is 0 Å². The van der Waals surface area contributed by atoms with Gasteiger partial charge in [-0.25, -0.2) is 0 Å². The average molecular weight is 277 g/mol. The molecule has 0 amide bonds. The topological polar surface area (TPSA) is 45.7 Å². The van der Waals surface area contributed by atoms with Gasteiger partial charge in [0.15, 0.2) is 5.96 Å². The van der Waals surface area contributed by atoms with Crippen LogP contribution in [0.2, 0.25) is 0 Å². The molecule has 1 aromatic rings. The molecule has 0 atom stereocenters. The van der Waals surface area contributed by atoms with E-state index in [0.29, 0.717) is 6.04 Å². The normalized spacial score (nSPS) is 11.6. The second-order valence-corrected chi connectivity index (χ2v) is 5.01. The number of hydrogen-bond donors (Lipinski definition) is 2. The molecule has 0 fully saturated rings. The SMILES string of the molecule is CCNC(=NCCCc1ccc(OC)cc1)NC(C)C. The Labute approximate surface area is 122 Å². The predicted molar refractivity (Wildman–Crippen MR) is 85.6 cm³/mol. The van der Waals surface area contributed by atoms with Gasteiger partial charge in [0.25, 0.3) is 0 Å². The summed E-state index contributed by atoms with van der Waals surface area (Å²) in [6.45, 7) is 8.02. The number of ether oxygens (including phenoxy) is 1. The second-order valence-electron chi connectivity index (χ2n) is 5.01. The smallest absolute Gasteiger partial charge is 0.191 e. The van der Waals surface area contributed by atoms with Crippen LogP contribution in [0.3, 0.4) is 0 Å². The van der Waals surface area contributed by atoms with Gasteiger partial charge in [-0.05, 0) is 51.3 Å². The lowest BCUT2D eigenvalue weighted by Crippen LogP contribution is -2.41. The third-order valence-corrected chi connectivity index (χ3v) is 2.82. The number of rotatable bonds is 7. The zero-order valence-corrected chi connectivity index (χ0v) is 13.1. The summed E-state index contributed by atoms with van der Waals surface area (Å²) in [4.78, 5) is 4.57. The fourth-order valence-electron chi connectivity index (χ4n) is 1.86. The molecule has 0 saturated carbocycles. The fourth-order valence-corrected chi connectivity index (χ4v) is 1.86. The molecule has 0 aromatic heterocycles. The van der Waals surface area contributed by atoms with Gasteiger partial charge in [0.1, 0.15) is 5.75 Å². The summed E-state index contributed by atoms with van der Waals surface area (Å²) in [6.07, 6.45) is 2.08. The molecule has 112 valence electrons. The molecular formula is C16H27N3O. The molecule has 0 bridgehead atoms. The fraction of sp³-hybridized carbons (Fsp3) is 0.562. The highest BCUT2D eigenvalue weighted by molar-refractivity contribution is 5.79. The van der Waals surface area contributed by atoms with E-state index in [1.54, 1.807) is 7.11 Å². The summed E-state index contributed by atoms with van der Waals surface area (Å²) in [5, 5.41) is 6.57. The van der Waals surface area contributed by atoms with E-state index in [0.717, 1.165) is 37.6 Å². The molecule has 2 N–H and O–H groups in total. The molecule has 0 saturated heterocycles. The summed E-state index contributed by atoms with van der Waals surface area (Å²) < 4.78 is 5.15. The zero-order chi connectivity index (χ0) is 14.8. The van der Waals surface area contributed by atoms with Crippen molar-refractivity contribution in [1.82, 2.24) is 10.6 Å². The van der Waals surface area contributed by atoms with Crippen molar-refractivity contribution < 1.29 is 4.74 Å². The Morgan fingerprint density at radius 3 is 2.50 bits per heavy atom. The van der Waals surface area contributed by atoms with Crippen molar-refractivity contribution in [2.24, 2.45) is 4.99 Å². The van der Waals surface area contributed by atoms with E-state index in [4.69, 9.17) is 4.74 Å². The van der Waals surface area contributed by atoms with E-state index >= 15 is 0 Å². The Hall–Kier alpha value is -1.71. The maximum atomic E-state index is 5.15. The van der Waals surface area contributed by atoms with Crippen molar-refractivity contribution in [1.29, 1.82) is 0 Å². The Morgan fingerprint density at radius 1 is 1.25 bits per heavy atom. The van der Waals surface area contributed by atoms with Crippen LogP contribution in [0.4, 0.5) is 0 Å². The van der Waals surface area contributed by atoms with E-state index in [2.05, 4.69) is 48.5 Å². The Bertz CT molecular complexity index is 399. The minimum absolute atomic E-state index is 0.398. The average Bonchev–Trinajstić information content (AvgIpc) is 2.44. The largest absolute Gasteiger partial charge is 0.497 e. The van der Waals surface area contributed by atoms with E-state index in [1.807, 2.05) is 12.1 Å². The molecule has 4 heteroatoms. The van der Waals surface area contributed by atoms with E-state index in [1.165, 1.54) is 5.56 Å². The highest BCUT2D eigenvalue weighted by Crippen LogP contribution is 2.12. The lowest BCUT2D eigenvalue weighted by atomic mass is 10.1. The first-order chi connectivity index (χ1) is 9.65. The molecule has 1 aromatic carbocycles. The van der Waals surface area contributed by atoms with E-state index in [9.17, 15) is 0 Å². The van der Waals surface area contributed by atoms with Crippen LogP contribution in [-0.2, 0) is 6.42 Å². The summed E-state index contributed by atoms with van der Waals surface area (Å²) in [5.41, 5.74) is 1.32. The van der Waals surface area contributed by atoms with Crippen LogP contribution in [0.5, 0.6) is 5.75 Å². The molecule has 20 heavy (non-hydrogen) atoms. The molecule has 4 nitrogen and oxygen atoms in total. The molecule has 0 aliphatic heterocycles. The van der Waals surface area contributed by atoms with Gasteiger partial charge in [-0.15, -0.1) is 0 Å². The lowest BCUT2D eigenvalue weighted by molar-refractivity contribution is 0.414. The number of aliphatic imine (C=N–C) groups is 1. The molecule has 0 unspecified atom stereocenters. The minimum Gasteiger partial charge on any atom is -0.497 e. The first kappa shape index (κ1) is 16.3. The predicted octanol–water partition coefficient (Wildman–Crippen LogP) is 2.59. The van der Waals surface area contributed by atoms with Crippen molar-refractivity contribution in [3.05, 3.63) is 29.8 Å². The molecule has 0 radical (unpaired) electrons. The van der Waals surface area contributed by atoms with Crippen LogP contribution in [-0.4, -0.2) is 32.2 Å². The van der Waals surface area contributed by atoms with Crippen LogP contribution >= 0.6 is 0 Å². The minimum atomic E-state index is 0.398. The van der Waals surface area contributed by atoms with Gasteiger partial charge in [0.05, 0.1) is 7.11 Å². The quantitative estimate of drug-likeness (QED) is 0.457. The van der Waals surface area contributed by atoms with Gasteiger partial charge in [-0.1, -0.05) is 12.1 Å². The Kier molecular flexibility index (Phi) is 7.55. The first-order valence-electron chi connectivity index (χ1n) is 7.33. The van der Waals surface area contributed by atoms with Gasteiger partial charge in [0.2, 0.25) is 0 Å². The van der Waals surface area contributed by atoms with Crippen molar-refractivity contribution in [3.8, 4) is 5.75 Å². The van der Waals surface area contributed by atoms with E-state index in [-0.39, 0.29) is 0 Å². The van der Waals surface area contributed by atoms with Gasteiger partial charge in [-0.3, -0.25) is 4.99 Å². The highest BCUT2D eigenvalue weighted by atomic mass is 16.5. The third-order valence-electron chi connectivity index (χ3n) is 2.82. The number of methoxy groups -OCH3 is 1. The summed E-state index contributed by atoms with van der Waals surface area (Å²) in [7, 11) is 1.69. The maximum absolute atomic E-state index is 5.15. The second kappa shape index (κ2) is 9.23. The molecular weight excluding hydrogens is 250 g/mol. The zero-order valence-electron chi connectivity index (χ0n) is 13.1. The monoisotopic (exact) mass is 277 g/mol. The number of guanidine groups is 1. The van der Waals surface area contributed by atoms with Crippen LogP contribution in [0.25, 0.3) is 0 Å². The highest BCUT2D eigenvalue weighted by Gasteiger charge is 1.99. The molecule has 0 spiro atoms.